The second-order valence-corrected chi connectivity index (χ2v) is 7.33. The molecule has 1 aromatic rings. The van der Waals surface area contributed by atoms with Gasteiger partial charge < -0.3 is 20.4 Å². The van der Waals surface area contributed by atoms with Crippen LogP contribution in [0.4, 0.5) is 11.4 Å². The van der Waals surface area contributed by atoms with Crippen molar-refractivity contribution in [2.75, 3.05) is 29.9 Å². The molecular weight excluding hydrogens is 350 g/mol. The smallest absolute Gasteiger partial charge is 0.255 e. The molecule has 27 heavy (non-hydrogen) atoms. The van der Waals surface area contributed by atoms with E-state index < -0.39 is 11.9 Å². The summed E-state index contributed by atoms with van der Waals surface area (Å²) in [5.41, 5.74) is 2.90. The quantitative estimate of drug-likeness (QED) is 0.558. The number of rotatable bonds is 1. The highest BCUT2D eigenvalue weighted by Gasteiger charge is 2.41. The molecule has 140 valence electrons. The van der Waals surface area contributed by atoms with E-state index in [0.29, 0.717) is 37.3 Å². The van der Waals surface area contributed by atoms with Gasteiger partial charge in [-0.25, -0.2) is 0 Å². The van der Waals surface area contributed by atoms with Crippen molar-refractivity contribution < 1.29 is 19.2 Å². The minimum atomic E-state index is -0.638. The standard InChI is InChI=1S/C18H19N5O4/c24-15-2-1-12(16(25)21-15)23-8-9-5-13-11(6-10(9)18(23)27)20-17(26)14-7-19-3-4-22(13)14/h5-6,12,14,19H,1-4,7-8H2,(H,20,26)(H,21,24,25)/t12?,14-/m0/s1. The van der Waals surface area contributed by atoms with Gasteiger partial charge in [-0.15, -0.1) is 0 Å². The predicted octanol–water partition coefficient (Wildman–Crippen LogP) is -0.822. The van der Waals surface area contributed by atoms with E-state index in [9.17, 15) is 19.2 Å². The maximum absolute atomic E-state index is 12.9. The van der Waals surface area contributed by atoms with Gasteiger partial charge in [-0.05, 0) is 24.1 Å². The molecule has 0 bridgehead atoms. The topological polar surface area (TPSA) is 111 Å². The Morgan fingerprint density at radius 2 is 1.78 bits per heavy atom. The van der Waals surface area contributed by atoms with E-state index in [1.165, 1.54) is 4.90 Å². The lowest BCUT2D eigenvalue weighted by molar-refractivity contribution is -0.137. The van der Waals surface area contributed by atoms with E-state index in [4.69, 9.17) is 0 Å². The van der Waals surface area contributed by atoms with Gasteiger partial charge in [-0.3, -0.25) is 24.5 Å². The van der Waals surface area contributed by atoms with Gasteiger partial charge in [0.2, 0.25) is 17.7 Å². The first-order chi connectivity index (χ1) is 13.0. The number of hydrogen-bond donors (Lipinski definition) is 3. The van der Waals surface area contributed by atoms with Crippen molar-refractivity contribution in [2.24, 2.45) is 0 Å². The zero-order valence-corrected chi connectivity index (χ0v) is 14.6. The molecule has 0 aliphatic carbocycles. The van der Waals surface area contributed by atoms with Crippen LogP contribution in [0.15, 0.2) is 12.1 Å². The Hall–Kier alpha value is -2.94. The number of benzene rings is 1. The van der Waals surface area contributed by atoms with Gasteiger partial charge in [0.15, 0.2) is 0 Å². The van der Waals surface area contributed by atoms with Gasteiger partial charge in [-0.1, -0.05) is 0 Å². The maximum atomic E-state index is 12.9. The molecule has 2 fully saturated rings. The first kappa shape index (κ1) is 16.2. The fraction of sp³-hybridized carbons (Fsp3) is 0.444. The molecule has 2 saturated heterocycles. The minimum absolute atomic E-state index is 0.0814. The van der Waals surface area contributed by atoms with Gasteiger partial charge in [0.25, 0.3) is 5.91 Å². The Labute approximate surface area is 155 Å². The average Bonchev–Trinajstić information content (AvgIpc) is 2.97. The van der Waals surface area contributed by atoms with Crippen LogP contribution in [0, 0.1) is 0 Å². The van der Waals surface area contributed by atoms with Crippen LogP contribution in [0.1, 0.15) is 28.8 Å². The molecule has 1 unspecified atom stereocenters. The molecule has 3 N–H and O–H groups in total. The molecule has 0 saturated carbocycles. The van der Waals surface area contributed by atoms with Crippen LogP contribution in [0.3, 0.4) is 0 Å². The second kappa shape index (κ2) is 5.78. The highest BCUT2D eigenvalue weighted by molar-refractivity contribution is 6.09. The van der Waals surface area contributed by atoms with Gasteiger partial charge >= 0.3 is 0 Å². The number of hydrogen-bond acceptors (Lipinski definition) is 6. The van der Waals surface area contributed by atoms with E-state index in [2.05, 4.69) is 20.9 Å². The fourth-order valence-electron chi connectivity index (χ4n) is 4.38. The van der Waals surface area contributed by atoms with Crippen molar-refractivity contribution in [3.05, 3.63) is 23.3 Å². The van der Waals surface area contributed by atoms with Crippen LogP contribution in [-0.4, -0.2) is 60.2 Å². The Morgan fingerprint density at radius 3 is 2.59 bits per heavy atom. The summed E-state index contributed by atoms with van der Waals surface area (Å²) >= 11 is 0. The van der Waals surface area contributed by atoms with Gasteiger partial charge in [0.1, 0.15) is 12.1 Å². The number of piperazine rings is 1. The van der Waals surface area contributed by atoms with Crippen molar-refractivity contribution in [1.29, 1.82) is 0 Å². The predicted molar refractivity (Wildman–Crippen MR) is 95.1 cm³/mol. The van der Waals surface area contributed by atoms with Crippen LogP contribution in [0.5, 0.6) is 0 Å². The Balaban J connectivity index is 1.48. The van der Waals surface area contributed by atoms with Gasteiger partial charge in [0, 0.05) is 38.2 Å². The molecule has 4 amide bonds. The van der Waals surface area contributed by atoms with E-state index in [1.807, 2.05) is 6.07 Å². The van der Waals surface area contributed by atoms with Crippen LogP contribution < -0.4 is 20.9 Å². The summed E-state index contributed by atoms with van der Waals surface area (Å²) in [7, 11) is 0. The number of piperidine rings is 1. The number of carbonyl (C=O) groups excluding carboxylic acids is 4. The molecule has 0 aromatic heterocycles. The van der Waals surface area contributed by atoms with E-state index in [0.717, 1.165) is 17.8 Å². The lowest BCUT2D eigenvalue weighted by atomic mass is 10.0. The summed E-state index contributed by atoms with van der Waals surface area (Å²) in [6, 6.07) is 2.77. The Kier molecular flexibility index (Phi) is 3.48. The molecule has 5 rings (SSSR count). The van der Waals surface area contributed by atoms with E-state index in [1.54, 1.807) is 6.07 Å². The van der Waals surface area contributed by atoms with E-state index in [-0.39, 0.29) is 30.2 Å². The summed E-state index contributed by atoms with van der Waals surface area (Å²) in [5, 5.41) is 8.44. The highest BCUT2D eigenvalue weighted by Crippen LogP contribution is 2.39. The van der Waals surface area contributed by atoms with Crippen molar-refractivity contribution >= 4 is 35.0 Å². The fourth-order valence-corrected chi connectivity index (χ4v) is 4.38. The summed E-state index contributed by atoms with van der Waals surface area (Å²) in [6.07, 6.45) is 0.562. The minimum Gasteiger partial charge on any atom is -0.356 e. The molecule has 0 radical (unpaired) electrons. The largest absolute Gasteiger partial charge is 0.356 e. The van der Waals surface area contributed by atoms with Crippen molar-refractivity contribution in [2.45, 2.75) is 31.5 Å². The van der Waals surface area contributed by atoms with E-state index >= 15 is 0 Å². The first-order valence-corrected chi connectivity index (χ1v) is 9.13. The Morgan fingerprint density at radius 1 is 0.963 bits per heavy atom. The SMILES string of the molecule is O=C1CCC(N2Cc3cc4c(cc3C2=O)NC(=O)[C@@H]2CNCCN42)C(=O)N1. The zero-order chi connectivity index (χ0) is 18.7. The van der Waals surface area contributed by atoms with Crippen LogP contribution in [0.2, 0.25) is 0 Å². The van der Waals surface area contributed by atoms with Crippen LogP contribution >= 0.6 is 0 Å². The number of nitrogens with one attached hydrogen (secondary N) is 3. The summed E-state index contributed by atoms with van der Waals surface area (Å²) in [4.78, 5) is 52.4. The number of nitrogens with zero attached hydrogens (tertiary/aromatic N) is 2. The molecule has 0 spiro atoms. The van der Waals surface area contributed by atoms with Gasteiger partial charge in [-0.2, -0.15) is 0 Å². The van der Waals surface area contributed by atoms with Crippen molar-refractivity contribution in [3.8, 4) is 0 Å². The normalized spacial score (nSPS) is 27.0. The molecule has 4 heterocycles. The summed E-state index contributed by atoms with van der Waals surface area (Å²) in [5.74, 6) is -1.04. The average molecular weight is 369 g/mol. The zero-order valence-electron chi connectivity index (χ0n) is 14.6. The third kappa shape index (κ3) is 2.42. The highest BCUT2D eigenvalue weighted by atomic mass is 16.2. The number of anilines is 2. The molecule has 9 heteroatoms. The number of carbonyl (C=O) groups is 4. The molecule has 9 nitrogen and oxygen atoms in total. The van der Waals surface area contributed by atoms with Crippen LogP contribution in [0.25, 0.3) is 0 Å². The van der Waals surface area contributed by atoms with Crippen LogP contribution in [-0.2, 0) is 20.9 Å². The van der Waals surface area contributed by atoms with Crippen molar-refractivity contribution in [3.63, 3.8) is 0 Å². The molecular formula is C18H19N5O4. The summed E-state index contributed by atoms with van der Waals surface area (Å²) < 4.78 is 0. The van der Waals surface area contributed by atoms with Crippen molar-refractivity contribution in [1.82, 2.24) is 15.5 Å². The third-order valence-corrected chi connectivity index (χ3v) is 5.75. The van der Waals surface area contributed by atoms with Gasteiger partial charge in [0.05, 0.1) is 11.4 Å². The number of amides is 4. The number of imide groups is 1. The molecule has 1 aromatic carbocycles. The molecule has 4 aliphatic heterocycles. The Bertz CT molecular complexity index is 898. The monoisotopic (exact) mass is 369 g/mol. The molecule has 2 atom stereocenters. The lowest BCUT2D eigenvalue weighted by Gasteiger charge is -2.41. The summed E-state index contributed by atoms with van der Waals surface area (Å²) in [6.45, 7) is 2.43. The molecule has 4 aliphatic rings. The second-order valence-electron chi connectivity index (χ2n) is 7.33. The maximum Gasteiger partial charge on any atom is 0.255 e. The third-order valence-electron chi connectivity index (χ3n) is 5.75. The first-order valence-electron chi connectivity index (χ1n) is 9.13. The number of fused-ring (bicyclic) bond motifs is 4. The lowest BCUT2D eigenvalue weighted by Crippen LogP contribution is -2.58.